The van der Waals surface area contributed by atoms with E-state index < -0.39 is 10.0 Å². The molecule has 0 atom stereocenters. The van der Waals surface area contributed by atoms with Crippen LogP contribution in [0.15, 0.2) is 47.5 Å². The van der Waals surface area contributed by atoms with Crippen LogP contribution in [0.25, 0.3) is 0 Å². The van der Waals surface area contributed by atoms with Crippen molar-refractivity contribution in [3.63, 3.8) is 0 Å². The highest BCUT2D eigenvalue weighted by Crippen LogP contribution is 2.32. The first-order valence-corrected chi connectivity index (χ1v) is 13.4. The number of sulfonamides is 1. The lowest BCUT2D eigenvalue weighted by atomic mass is 10.3. The van der Waals surface area contributed by atoms with Gasteiger partial charge in [0.15, 0.2) is 0 Å². The number of aromatic nitrogens is 3. The molecule has 2 aromatic heterocycles. The van der Waals surface area contributed by atoms with Crippen LogP contribution in [0, 0.1) is 13.8 Å². The molecule has 3 aromatic rings. The second-order valence-electron chi connectivity index (χ2n) is 8.37. The van der Waals surface area contributed by atoms with Gasteiger partial charge in [0.25, 0.3) is 0 Å². The Labute approximate surface area is 212 Å². The quantitative estimate of drug-likeness (QED) is 0.460. The molecule has 11 heteroatoms. The third-order valence-electron chi connectivity index (χ3n) is 5.70. The van der Waals surface area contributed by atoms with Gasteiger partial charge in [0.05, 0.1) is 13.2 Å². The maximum Gasteiger partial charge on any atom is 0.247 e. The average Bonchev–Trinajstić information content (AvgIpc) is 2.85. The number of nitrogens with one attached hydrogen (secondary N) is 1. The minimum atomic E-state index is -3.77. The van der Waals surface area contributed by atoms with Gasteiger partial charge in [0, 0.05) is 44.5 Å². The number of hydrogen-bond acceptors (Lipinski definition) is 9. The van der Waals surface area contributed by atoms with E-state index in [1.165, 1.54) is 4.31 Å². The SMILES string of the molecule is CCOc1ccc(OCC)c(S(=O)(=O)N2CCN(c3cc(Nc4cc(C)ccn4)nc(C)n3)CC2)c1. The highest BCUT2D eigenvalue weighted by Gasteiger charge is 2.32. The monoisotopic (exact) mass is 512 g/mol. The first-order valence-electron chi connectivity index (χ1n) is 12.0. The zero-order valence-corrected chi connectivity index (χ0v) is 21.9. The Morgan fingerprint density at radius 3 is 2.36 bits per heavy atom. The molecule has 0 radical (unpaired) electrons. The maximum atomic E-state index is 13.6. The van der Waals surface area contributed by atoms with Crippen molar-refractivity contribution in [3.8, 4) is 11.5 Å². The minimum Gasteiger partial charge on any atom is -0.494 e. The first kappa shape index (κ1) is 25.6. The fraction of sp³-hybridized carbons (Fsp3) is 0.400. The van der Waals surface area contributed by atoms with Crippen LogP contribution in [0.2, 0.25) is 0 Å². The summed E-state index contributed by atoms with van der Waals surface area (Å²) in [6.45, 7) is 9.95. The maximum absolute atomic E-state index is 13.6. The van der Waals surface area contributed by atoms with E-state index >= 15 is 0 Å². The molecule has 1 aliphatic rings. The Kier molecular flexibility index (Phi) is 7.90. The van der Waals surface area contributed by atoms with Crippen LogP contribution in [0.1, 0.15) is 25.2 Å². The lowest BCUT2D eigenvalue weighted by molar-refractivity contribution is 0.319. The highest BCUT2D eigenvalue weighted by molar-refractivity contribution is 7.89. The molecular weight excluding hydrogens is 480 g/mol. The van der Waals surface area contributed by atoms with E-state index in [1.54, 1.807) is 24.4 Å². The number of rotatable bonds is 9. The summed E-state index contributed by atoms with van der Waals surface area (Å²) in [5.74, 6) is 3.52. The van der Waals surface area contributed by atoms with Crippen molar-refractivity contribution in [3.05, 3.63) is 54.0 Å². The van der Waals surface area contributed by atoms with Gasteiger partial charge in [0.2, 0.25) is 10.0 Å². The van der Waals surface area contributed by atoms with E-state index in [-0.39, 0.29) is 4.90 Å². The summed E-state index contributed by atoms with van der Waals surface area (Å²) in [6.07, 6.45) is 1.74. The van der Waals surface area contributed by atoms with Crippen molar-refractivity contribution in [1.82, 2.24) is 19.3 Å². The number of aryl methyl sites for hydroxylation is 2. The number of nitrogens with zero attached hydrogens (tertiary/aromatic N) is 5. The molecule has 1 N–H and O–H groups in total. The van der Waals surface area contributed by atoms with Crippen LogP contribution in [0.3, 0.4) is 0 Å². The van der Waals surface area contributed by atoms with Crippen molar-refractivity contribution in [2.45, 2.75) is 32.6 Å². The molecule has 0 amide bonds. The number of anilines is 3. The molecule has 0 saturated carbocycles. The van der Waals surface area contributed by atoms with Crippen LogP contribution in [-0.4, -0.2) is 67.1 Å². The number of benzene rings is 1. The summed E-state index contributed by atoms with van der Waals surface area (Å²) in [7, 11) is -3.77. The van der Waals surface area contributed by atoms with E-state index in [2.05, 4.69) is 25.2 Å². The molecular formula is C25H32N6O4S. The summed E-state index contributed by atoms with van der Waals surface area (Å²) < 4.78 is 39.7. The number of ether oxygens (including phenoxy) is 2. The Balaban J connectivity index is 1.50. The normalized spacial score (nSPS) is 14.5. The third kappa shape index (κ3) is 5.85. The smallest absolute Gasteiger partial charge is 0.247 e. The zero-order chi connectivity index (χ0) is 25.7. The molecule has 1 aliphatic heterocycles. The third-order valence-corrected chi connectivity index (χ3v) is 7.62. The van der Waals surface area contributed by atoms with Crippen molar-refractivity contribution >= 4 is 27.5 Å². The zero-order valence-electron chi connectivity index (χ0n) is 21.1. The summed E-state index contributed by atoms with van der Waals surface area (Å²) in [6, 6.07) is 10.7. The molecule has 0 bridgehead atoms. The van der Waals surface area contributed by atoms with E-state index in [1.807, 2.05) is 45.9 Å². The lowest BCUT2D eigenvalue weighted by Crippen LogP contribution is -2.49. The molecule has 36 heavy (non-hydrogen) atoms. The summed E-state index contributed by atoms with van der Waals surface area (Å²) in [5, 5.41) is 3.23. The first-order chi connectivity index (χ1) is 17.3. The van der Waals surface area contributed by atoms with E-state index in [0.717, 1.165) is 11.4 Å². The van der Waals surface area contributed by atoms with Crippen molar-refractivity contribution < 1.29 is 17.9 Å². The summed E-state index contributed by atoms with van der Waals surface area (Å²) in [5.41, 5.74) is 1.09. The molecule has 0 spiro atoms. The Bertz CT molecular complexity index is 1310. The Morgan fingerprint density at radius 1 is 0.917 bits per heavy atom. The van der Waals surface area contributed by atoms with E-state index in [4.69, 9.17) is 9.47 Å². The van der Waals surface area contributed by atoms with Gasteiger partial charge in [-0.3, -0.25) is 0 Å². The number of pyridine rings is 1. The topological polar surface area (TPSA) is 110 Å². The Hall–Kier alpha value is -3.44. The average molecular weight is 513 g/mol. The number of hydrogen-bond donors (Lipinski definition) is 1. The van der Waals surface area contributed by atoms with E-state index in [0.29, 0.717) is 68.4 Å². The summed E-state index contributed by atoms with van der Waals surface area (Å²) >= 11 is 0. The van der Waals surface area contributed by atoms with Gasteiger partial charge < -0.3 is 19.7 Å². The van der Waals surface area contributed by atoms with Crippen LogP contribution in [0.4, 0.5) is 17.5 Å². The summed E-state index contributed by atoms with van der Waals surface area (Å²) in [4.78, 5) is 15.6. The molecule has 10 nitrogen and oxygen atoms in total. The fourth-order valence-corrected chi connectivity index (χ4v) is 5.60. The second-order valence-corrected chi connectivity index (χ2v) is 10.3. The van der Waals surface area contributed by atoms with Crippen molar-refractivity contribution in [1.29, 1.82) is 0 Å². The van der Waals surface area contributed by atoms with E-state index in [9.17, 15) is 8.42 Å². The molecule has 1 saturated heterocycles. The minimum absolute atomic E-state index is 0.124. The van der Waals surface area contributed by atoms with Gasteiger partial charge in [-0.15, -0.1) is 0 Å². The van der Waals surface area contributed by atoms with Gasteiger partial charge in [-0.25, -0.2) is 23.4 Å². The molecule has 1 aromatic carbocycles. The molecule has 0 unspecified atom stereocenters. The van der Waals surface area contributed by atoms with Crippen molar-refractivity contribution in [2.75, 3.05) is 49.6 Å². The Morgan fingerprint density at radius 2 is 1.67 bits per heavy atom. The molecule has 3 heterocycles. The molecule has 4 rings (SSSR count). The van der Waals surface area contributed by atoms with Crippen LogP contribution < -0.4 is 19.7 Å². The molecule has 0 aliphatic carbocycles. The van der Waals surface area contributed by atoms with Crippen molar-refractivity contribution in [2.24, 2.45) is 0 Å². The van der Waals surface area contributed by atoms with Crippen LogP contribution in [0.5, 0.6) is 11.5 Å². The van der Waals surface area contributed by atoms with Gasteiger partial charge in [-0.1, -0.05) is 0 Å². The lowest BCUT2D eigenvalue weighted by Gasteiger charge is -2.35. The van der Waals surface area contributed by atoms with Crippen LogP contribution in [-0.2, 0) is 10.0 Å². The second kappa shape index (κ2) is 11.1. The van der Waals surface area contributed by atoms with Gasteiger partial charge in [-0.2, -0.15) is 4.31 Å². The van der Waals surface area contributed by atoms with Gasteiger partial charge in [0.1, 0.15) is 39.7 Å². The van der Waals surface area contributed by atoms with Gasteiger partial charge >= 0.3 is 0 Å². The standard InChI is InChI=1S/C25H32N6O4S/c1-5-34-20-7-8-21(35-6-2)22(16-20)36(32,33)31-13-11-30(12-14-31)25-17-24(27-19(4)28-25)29-23-15-18(3)9-10-26-23/h7-10,15-17H,5-6,11-14H2,1-4H3,(H,26,27,28,29). The van der Waals surface area contributed by atoms with Gasteiger partial charge in [-0.05, 0) is 57.5 Å². The largest absolute Gasteiger partial charge is 0.494 e. The fourth-order valence-electron chi connectivity index (χ4n) is 4.03. The van der Waals surface area contributed by atoms with Crippen LogP contribution >= 0.6 is 0 Å². The molecule has 1 fully saturated rings. The predicted molar refractivity (Wildman–Crippen MR) is 139 cm³/mol. The molecule has 192 valence electrons. The number of piperazine rings is 1. The highest BCUT2D eigenvalue weighted by atomic mass is 32.2. The predicted octanol–water partition coefficient (Wildman–Crippen LogP) is 3.54.